The van der Waals surface area contributed by atoms with Crippen molar-refractivity contribution in [3.05, 3.63) is 11.3 Å². The average molecular weight is 377 g/mol. The fraction of sp³-hybridized carbons (Fsp3) is 0.667. The number of ether oxygens (including phenoxy) is 1. The van der Waals surface area contributed by atoms with Crippen LogP contribution in [-0.2, 0) is 20.4 Å². The maximum atomic E-state index is 12.8. The first-order valence-corrected chi connectivity index (χ1v) is 7.80. The van der Waals surface area contributed by atoms with Crippen molar-refractivity contribution in [2.75, 3.05) is 12.8 Å². The van der Waals surface area contributed by atoms with E-state index in [1.54, 1.807) is 13.8 Å². The van der Waals surface area contributed by atoms with Gasteiger partial charge in [-0.25, -0.2) is 0 Å². The van der Waals surface area contributed by atoms with Crippen molar-refractivity contribution in [2.24, 2.45) is 15.9 Å². The van der Waals surface area contributed by atoms with Crippen LogP contribution in [0, 0.1) is 0 Å². The van der Waals surface area contributed by atoms with Crippen LogP contribution in [0.2, 0.25) is 0 Å². The number of rotatable bonds is 4. The zero-order valence-corrected chi connectivity index (χ0v) is 13.8. The highest BCUT2D eigenvalue weighted by atomic mass is 32.2. The summed E-state index contributed by atoms with van der Waals surface area (Å²) in [5.41, 5.74) is 1.59. The third-order valence-electron chi connectivity index (χ3n) is 2.80. The number of hydrogen-bond donors (Lipinski definition) is 1. The highest BCUT2D eigenvalue weighted by Gasteiger charge is 2.38. The average Bonchev–Trinajstić information content (AvgIpc) is 2.80. The van der Waals surface area contributed by atoms with Crippen molar-refractivity contribution >= 4 is 21.7 Å². The van der Waals surface area contributed by atoms with E-state index in [1.165, 1.54) is 0 Å². The normalized spacial score (nSPS) is 20.4. The van der Waals surface area contributed by atoms with Crippen molar-refractivity contribution in [3.8, 4) is 0 Å². The van der Waals surface area contributed by atoms with Gasteiger partial charge in [0.05, 0.1) is 22.1 Å². The molecular formula is C12H16F5N3O3S. The molecule has 2 N–H and O–H groups in total. The van der Waals surface area contributed by atoms with Crippen LogP contribution < -0.4 is 5.73 Å². The molecule has 0 bridgehead atoms. The van der Waals surface area contributed by atoms with Crippen molar-refractivity contribution < 1.29 is 35.7 Å². The van der Waals surface area contributed by atoms with Gasteiger partial charge in [0.25, 0.3) is 0 Å². The van der Waals surface area contributed by atoms with Gasteiger partial charge in [0.2, 0.25) is 5.90 Å². The molecule has 0 aromatic heterocycles. The Labute approximate surface area is 137 Å². The van der Waals surface area contributed by atoms with Crippen LogP contribution in [0.5, 0.6) is 0 Å². The number of nitrogens with two attached hydrogens (primary N) is 1. The van der Waals surface area contributed by atoms with Gasteiger partial charge >= 0.3 is 12.8 Å². The van der Waals surface area contributed by atoms with Crippen LogP contribution in [0.25, 0.3) is 0 Å². The minimum absolute atomic E-state index is 0.0139. The molecule has 1 heterocycles. The van der Waals surface area contributed by atoms with Crippen LogP contribution in [0.4, 0.5) is 22.0 Å². The summed E-state index contributed by atoms with van der Waals surface area (Å²) in [5.74, 6) is -1.88. The Hall–Kier alpha value is -1.72. The van der Waals surface area contributed by atoms with E-state index in [0.29, 0.717) is 0 Å². The van der Waals surface area contributed by atoms with Gasteiger partial charge in [-0.05, 0) is 13.8 Å². The summed E-state index contributed by atoms with van der Waals surface area (Å²) in [5, 5.41) is 3.54. The molecule has 1 rings (SSSR count). The van der Waals surface area contributed by atoms with Gasteiger partial charge in [-0.1, -0.05) is 5.16 Å². The lowest BCUT2D eigenvalue weighted by molar-refractivity contribution is -0.0941. The molecule has 0 saturated carbocycles. The molecule has 12 heteroatoms. The molecule has 1 aliphatic rings. The molecule has 0 aliphatic carbocycles. The predicted molar refractivity (Wildman–Crippen MR) is 77.9 cm³/mol. The maximum absolute atomic E-state index is 12.8. The van der Waals surface area contributed by atoms with Crippen molar-refractivity contribution in [1.29, 1.82) is 0 Å². The Kier molecular flexibility index (Phi) is 6.31. The summed E-state index contributed by atoms with van der Waals surface area (Å²) >= 11 is 0. The van der Waals surface area contributed by atoms with Gasteiger partial charge in [0, 0.05) is 13.5 Å². The number of alkyl halides is 5. The number of halogens is 5. The van der Waals surface area contributed by atoms with Gasteiger partial charge in [-0.15, -0.1) is 0 Å². The second-order valence-corrected chi connectivity index (χ2v) is 6.75. The number of allylic oxidation sites excluding steroid dienone is 1. The molecule has 6 nitrogen and oxygen atoms in total. The monoisotopic (exact) mass is 377 g/mol. The van der Waals surface area contributed by atoms with E-state index in [1.807, 2.05) is 0 Å². The molecule has 0 amide bonds. The smallest absolute Gasteiger partial charge is 0.417 e. The fourth-order valence-corrected chi connectivity index (χ4v) is 3.05. The summed E-state index contributed by atoms with van der Waals surface area (Å²) in [7, 11) is -1.14. The molecule has 0 aromatic carbocycles. The largest absolute Gasteiger partial charge is 0.431 e. The predicted octanol–water partition coefficient (Wildman–Crippen LogP) is 2.29. The number of nitrogens with zero attached hydrogens (tertiary/aromatic N) is 2. The van der Waals surface area contributed by atoms with Gasteiger partial charge in [-0.3, -0.25) is 9.20 Å². The zero-order chi connectivity index (χ0) is 18.7. The van der Waals surface area contributed by atoms with Crippen molar-refractivity contribution in [2.45, 2.75) is 38.7 Å². The Morgan fingerprint density at radius 1 is 1.50 bits per heavy atom. The summed E-state index contributed by atoms with van der Waals surface area (Å²) in [6.07, 6.45) is -4.93. The lowest BCUT2D eigenvalue weighted by atomic mass is 10.1. The van der Waals surface area contributed by atoms with E-state index in [9.17, 15) is 26.2 Å². The summed E-state index contributed by atoms with van der Waals surface area (Å²) in [6, 6.07) is 0. The molecule has 0 spiro atoms. The number of hydrogen-bond acceptors (Lipinski definition) is 6. The second-order valence-electron chi connectivity index (χ2n) is 5.30. The molecule has 0 radical (unpaired) electrons. The SMILES string of the molecule is CN=C(OC(F)F)C(CS(=O)C1=NOC(C)(C)C1)=C(N)C(F)(F)F. The zero-order valence-electron chi connectivity index (χ0n) is 13.0. The molecule has 0 aromatic rings. The lowest BCUT2D eigenvalue weighted by Crippen LogP contribution is -2.30. The van der Waals surface area contributed by atoms with Crippen LogP contribution >= 0.6 is 0 Å². The Balaban J connectivity index is 3.14. The van der Waals surface area contributed by atoms with Crippen molar-refractivity contribution in [3.63, 3.8) is 0 Å². The quantitative estimate of drug-likeness (QED) is 0.463. The Morgan fingerprint density at radius 2 is 2.08 bits per heavy atom. The van der Waals surface area contributed by atoms with Crippen LogP contribution in [0.15, 0.2) is 21.4 Å². The topological polar surface area (TPSA) is 86.3 Å². The van der Waals surface area contributed by atoms with Crippen LogP contribution in [0.3, 0.4) is 0 Å². The van der Waals surface area contributed by atoms with Gasteiger partial charge in [0.1, 0.15) is 16.3 Å². The molecular weight excluding hydrogens is 361 g/mol. The van der Waals surface area contributed by atoms with Gasteiger partial charge < -0.3 is 15.3 Å². The first-order chi connectivity index (χ1) is 10.9. The standard InChI is InChI=1S/C12H16F5N3O3S/c1-11(2)4-7(20-23-11)24(21)5-6(8(18)12(15,16)17)9(19-3)22-10(13)14/h10H,4-5,18H2,1-3H3. The highest BCUT2D eigenvalue weighted by Crippen LogP contribution is 2.28. The first-order valence-electron chi connectivity index (χ1n) is 6.48. The highest BCUT2D eigenvalue weighted by molar-refractivity contribution is 8.00. The summed E-state index contributed by atoms with van der Waals surface area (Å²) in [6.45, 7) is -0.139. The third kappa shape index (κ3) is 5.42. The van der Waals surface area contributed by atoms with E-state index in [-0.39, 0.29) is 11.5 Å². The second kappa shape index (κ2) is 7.45. The minimum Gasteiger partial charge on any atom is -0.417 e. The summed E-state index contributed by atoms with van der Waals surface area (Å²) in [4.78, 5) is 8.22. The molecule has 1 aliphatic heterocycles. The molecule has 1 atom stereocenters. The Bertz CT molecular complexity index is 599. The summed E-state index contributed by atoms with van der Waals surface area (Å²) < 4.78 is 79.5. The van der Waals surface area contributed by atoms with Crippen molar-refractivity contribution in [1.82, 2.24) is 0 Å². The van der Waals surface area contributed by atoms with E-state index in [4.69, 9.17) is 10.6 Å². The van der Waals surface area contributed by atoms with Crippen LogP contribution in [-0.4, -0.2) is 46.3 Å². The molecule has 138 valence electrons. The minimum atomic E-state index is -5.03. The third-order valence-corrected chi connectivity index (χ3v) is 4.10. The Morgan fingerprint density at radius 3 is 2.46 bits per heavy atom. The van der Waals surface area contributed by atoms with E-state index < -0.39 is 52.1 Å². The fourth-order valence-electron chi connectivity index (χ4n) is 1.71. The molecule has 0 fully saturated rings. The van der Waals surface area contributed by atoms with E-state index in [0.717, 1.165) is 7.05 Å². The maximum Gasteiger partial charge on any atom is 0.431 e. The molecule has 1 unspecified atom stereocenters. The number of oxime groups is 1. The molecule has 0 saturated heterocycles. The van der Waals surface area contributed by atoms with Gasteiger partial charge in [-0.2, -0.15) is 22.0 Å². The van der Waals surface area contributed by atoms with Gasteiger partial charge in [0.15, 0.2) is 0 Å². The van der Waals surface area contributed by atoms with E-state index in [2.05, 4.69) is 14.9 Å². The number of aliphatic imine (C=N–C) groups is 1. The van der Waals surface area contributed by atoms with E-state index >= 15 is 0 Å². The molecule has 24 heavy (non-hydrogen) atoms. The first kappa shape index (κ1) is 20.3. The van der Waals surface area contributed by atoms with Crippen LogP contribution in [0.1, 0.15) is 20.3 Å². The lowest BCUT2D eigenvalue weighted by Gasteiger charge is -2.16.